The second-order valence-electron chi connectivity index (χ2n) is 6.55. The van der Waals surface area contributed by atoms with E-state index < -0.39 is 0 Å². The molecule has 0 fully saturated rings. The highest BCUT2D eigenvalue weighted by Crippen LogP contribution is 2.29. The fourth-order valence-corrected chi connectivity index (χ4v) is 3.33. The number of imidazole rings is 1. The maximum atomic E-state index is 12.7. The van der Waals surface area contributed by atoms with Gasteiger partial charge in [-0.15, -0.1) is 10.2 Å². The summed E-state index contributed by atoms with van der Waals surface area (Å²) in [5.41, 5.74) is 2.93. The Hall–Kier alpha value is -3.00. The van der Waals surface area contributed by atoms with E-state index in [1.54, 1.807) is 18.3 Å². The molecule has 0 radical (unpaired) electrons. The van der Waals surface area contributed by atoms with E-state index in [1.807, 2.05) is 28.8 Å². The third-order valence-corrected chi connectivity index (χ3v) is 4.92. The Morgan fingerprint density at radius 1 is 1.19 bits per heavy atom. The van der Waals surface area contributed by atoms with Crippen LogP contribution in [0.4, 0.5) is 0 Å². The Kier molecular flexibility index (Phi) is 4.49. The summed E-state index contributed by atoms with van der Waals surface area (Å²) in [7, 11) is 1.78. The molecule has 3 heterocycles. The number of carbonyl (C=O) groups excluding carboxylic acids is 1. The normalized spacial score (nSPS) is 13.6. The number of rotatable bonds is 5. The third kappa shape index (κ3) is 3.02. The van der Waals surface area contributed by atoms with Gasteiger partial charge in [0.15, 0.2) is 5.69 Å². The number of amides is 1. The number of aromatic nitrogens is 4. The average molecular weight is 366 g/mol. The predicted octanol–water partition coefficient (Wildman–Crippen LogP) is 2.35. The fourth-order valence-electron chi connectivity index (χ4n) is 3.33. The monoisotopic (exact) mass is 366 g/mol. The van der Waals surface area contributed by atoms with Crippen LogP contribution in [0.1, 0.15) is 35.8 Å². The Balaban J connectivity index is 1.74. The van der Waals surface area contributed by atoms with Crippen LogP contribution in [-0.2, 0) is 13.1 Å². The van der Waals surface area contributed by atoms with Gasteiger partial charge in [0.05, 0.1) is 30.0 Å². The maximum Gasteiger partial charge on any atom is 0.268 e. The molecule has 1 amide bonds. The third-order valence-electron chi connectivity index (χ3n) is 4.92. The Labute approximate surface area is 157 Å². The molecule has 1 aromatic carbocycles. The molecule has 8 heteroatoms. The van der Waals surface area contributed by atoms with Crippen LogP contribution in [0, 0.1) is 0 Å². The molecule has 0 unspecified atom stereocenters. The minimum Gasteiger partial charge on any atom is -0.418 e. The average Bonchev–Trinajstić information content (AvgIpc) is 3.30. The Bertz CT molecular complexity index is 972. The molecule has 0 atom stereocenters. The molecule has 2 aromatic heterocycles. The predicted molar refractivity (Wildman–Crippen MR) is 99.3 cm³/mol. The molecule has 0 saturated carbocycles. The summed E-state index contributed by atoms with van der Waals surface area (Å²) in [6.07, 6.45) is 1.71. The summed E-state index contributed by atoms with van der Waals surface area (Å²) >= 11 is 0. The highest BCUT2D eigenvalue weighted by atomic mass is 16.4. The summed E-state index contributed by atoms with van der Waals surface area (Å²) in [5.74, 6) is 0.924. The first-order valence-corrected chi connectivity index (χ1v) is 9.08. The summed E-state index contributed by atoms with van der Waals surface area (Å²) in [5, 5.41) is 8.37. The van der Waals surface area contributed by atoms with Crippen LogP contribution in [0.15, 0.2) is 35.0 Å². The van der Waals surface area contributed by atoms with Gasteiger partial charge in [0, 0.05) is 7.05 Å². The summed E-state index contributed by atoms with van der Waals surface area (Å²) in [4.78, 5) is 21.1. The van der Waals surface area contributed by atoms with Gasteiger partial charge in [-0.2, -0.15) is 0 Å². The lowest BCUT2D eigenvalue weighted by Gasteiger charge is -2.14. The zero-order chi connectivity index (χ0) is 19.0. The molecule has 0 spiro atoms. The van der Waals surface area contributed by atoms with Crippen LogP contribution in [-0.4, -0.2) is 55.6 Å². The molecule has 0 saturated heterocycles. The molecule has 0 N–H and O–H groups in total. The van der Waals surface area contributed by atoms with Crippen molar-refractivity contribution in [2.45, 2.75) is 26.9 Å². The smallest absolute Gasteiger partial charge is 0.268 e. The van der Waals surface area contributed by atoms with Gasteiger partial charge in [0.25, 0.3) is 11.8 Å². The number of benzene rings is 1. The van der Waals surface area contributed by atoms with Crippen LogP contribution < -0.4 is 0 Å². The first-order chi connectivity index (χ1) is 13.1. The minimum absolute atomic E-state index is 0.0204. The van der Waals surface area contributed by atoms with Crippen molar-refractivity contribution in [3.05, 3.63) is 47.7 Å². The molecule has 8 nitrogen and oxygen atoms in total. The van der Waals surface area contributed by atoms with E-state index in [2.05, 4.69) is 33.9 Å². The van der Waals surface area contributed by atoms with Gasteiger partial charge in [-0.05, 0) is 25.2 Å². The number of para-hydroxylation sites is 1. The van der Waals surface area contributed by atoms with Crippen molar-refractivity contribution < 1.29 is 9.21 Å². The second-order valence-corrected chi connectivity index (χ2v) is 6.55. The minimum atomic E-state index is -0.0204. The zero-order valence-electron chi connectivity index (χ0n) is 15.7. The molecule has 1 aliphatic rings. The van der Waals surface area contributed by atoms with Crippen LogP contribution in [0.25, 0.3) is 17.3 Å². The van der Waals surface area contributed by atoms with E-state index in [9.17, 15) is 4.79 Å². The largest absolute Gasteiger partial charge is 0.418 e. The zero-order valence-corrected chi connectivity index (χ0v) is 15.7. The number of hydrogen-bond donors (Lipinski definition) is 0. The summed E-state index contributed by atoms with van der Waals surface area (Å²) in [6.45, 7) is 7.05. The van der Waals surface area contributed by atoms with E-state index in [1.165, 1.54) is 0 Å². The number of nitrogens with zero attached hydrogens (tertiary/aromatic N) is 6. The van der Waals surface area contributed by atoms with Gasteiger partial charge in [-0.25, -0.2) is 4.98 Å². The van der Waals surface area contributed by atoms with Crippen LogP contribution >= 0.6 is 0 Å². The van der Waals surface area contributed by atoms with E-state index in [0.29, 0.717) is 36.1 Å². The fraction of sp³-hybridized carbons (Fsp3) is 0.368. The van der Waals surface area contributed by atoms with Crippen molar-refractivity contribution in [3.63, 3.8) is 0 Å². The topological polar surface area (TPSA) is 80.3 Å². The maximum absolute atomic E-state index is 12.7. The quantitative estimate of drug-likeness (QED) is 0.690. The lowest BCUT2D eigenvalue weighted by atomic mass is 10.1. The lowest BCUT2D eigenvalue weighted by molar-refractivity contribution is 0.0788. The highest BCUT2D eigenvalue weighted by Gasteiger charge is 2.28. The van der Waals surface area contributed by atoms with E-state index >= 15 is 0 Å². The second kappa shape index (κ2) is 6.96. The van der Waals surface area contributed by atoms with Crippen molar-refractivity contribution in [2.75, 3.05) is 20.1 Å². The summed E-state index contributed by atoms with van der Waals surface area (Å²) < 4.78 is 7.81. The van der Waals surface area contributed by atoms with Crippen molar-refractivity contribution in [2.24, 2.45) is 0 Å². The molecule has 27 heavy (non-hydrogen) atoms. The standard InChI is InChI=1S/C19H22N6O2/c1-4-24(5-2)11-16-21-22-18(27-16)17-15-10-23(3)19(26)13-8-6-7-9-14(13)25(15)12-20-17/h6-9,12H,4-5,10-11H2,1-3H3. The molecule has 0 bridgehead atoms. The van der Waals surface area contributed by atoms with E-state index in [0.717, 1.165) is 24.5 Å². The molecule has 140 valence electrons. The van der Waals surface area contributed by atoms with Gasteiger partial charge < -0.3 is 9.32 Å². The van der Waals surface area contributed by atoms with Gasteiger partial charge in [0.1, 0.15) is 6.33 Å². The molecule has 3 aromatic rings. The van der Waals surface area contributed by atoms with E-state index in [-0.39, 0.29) is 5.91 Å². The molecular formula is C19H22N6O2. The molecule has 1 aliphatic heterocycles. The first kappa shape index (κ1) is 17.4. The van der Waals surface area contributed by atoms with Crippen LogP contribution in [0.3, 0.4) is 0 Å². The van der Waals surface area contributed by atoms with Gasteiger partial charge >= 0.3 is 0 Å². The number of carbonyl (C=O) groups is 1. The van der Waals surface area contributed by atoms with Crippen LogP contribution in [0.2, 0.25) is 0 Å². The van der Waals surface area contributed by atoms with Gasteiger partial charge in [0.2, 0.25) is 5.89 Å². The van der Waals surface area contributed by atoms with Gasteiger partial charge in [-0.1, -0.05) is 26.0 Å². The molecular weight excluding hydrogens is 344 g/mol. The summed E-state index contributed by atoms with van der Waals surface area (Å²) in [6, 6.07) is 7.53. The van der Waals surface area contributed by atoms with Crippen molar-refractivity contribution >= 4 is 5.91 Å². The number of hydrogen-bond acceptors (Lipinski definition) is 6. The number of fused-ring (bicyclic) bond motifs is 3. The molecule has 0 aliphatic carbocycles. The van der Waals surface area contributed by atoms with Crippen molar-refractivity contribution in [1.82, 2.24) is 29.5 Å². The lowest BCUT2D eigenvalue weighted by Crippen LogP contribution is -2.25. The van der Waals surface area contributed by atoms with Crippen molar-refractivity contribution in [3.8, 4) is 17.3 Å². The van der Waals surface area contributed by atoms with Crippen LogP contribution in [0.5, 0.6) is 0 Å². The SMILES string of the molecule is CCN(CC)Cc1nnc(-c2ncn3c2CN(C)C(=O)c2ccccc2-3)o1. The van der Waals surface area contributed by atoms with Crippen molar-refractivity contribution in [1.29, 1.82) is 0 Å². The van der Waals surface area contributed by atoms with Gasteiger partial charge in [-0.3, -0.25) is 14.3 Å². The van der Waals surface area contributed by atoms with E-state index in [4.69, 9.17) is 4.42 Å². The molecule has 4 rings (SSSR count). The Morgan fingerprint density at radius 3 is 2.74 bits per heavy atom. The first-order valence-electron chi connectivity index (χ1n) is 9.08. The highest BCUT2D eigenvalue weighted by molar-refractivity contribution is 5.98. The Morgan fingerprint density at radius 2 is 1.96 bits per heavy atom.